The molecule has 1 saturated heterocycles. The number of hydrogen-bond donors (Lipinski definition) is 0. The van der Waals surface area contributed by atoms with E-state index in [0.29, 0.717) is 12.4 Å². The fraction of sp³-hybridized carbons (Fsp3) is 0.600. The zero-order chi connectivity index (χ0) is 16.4. The molecule has 1 aliphatic heterocycles. The van der Waals surface area contributed by atoms with E-state index in [1.807, 2.05) is 13.0 Å². The molecule has 0 radical (unpaired) electrons. The summed E-state index contributed by atoms with van der Waals surface area (Å²) in [6.45, 7) is 4.33. The SMILES string of the molecule is CCn1c(C2CCCN(c3cc(OC)ncn3)C2)nn(C)c1=O. The summed E-state index contributed by atoms with van der Waals surface area (Å²) in [6, 6.07) is 1.84. The lowest BCUT2D eigenvalue weighted by Gasteiger charge is -2.33. The molecule has 1 aliphatic rings. The Labute approximate surface area is 134 Å². The van der Waals surface area contributed by atoms with Crippen molar-refractivity contribution in [2.45, 2.75) is 32.2 Å². The Morgan fingerprint density at radius 1 is 1.39 bits per heavy atom. The second-order valence-corrected chi connectivity index (χ2v) is 5.71. The van der Waals surface area contributed by atoms with Crippen LogP contribution in [0.5, 0.6) is 5.88 Å². The quantitative estimate of drug-likeness (QED) is 0.829. The Hall–Kier alpha value is -2.38. The third kappa shape index (κ3) is 2.93. The van der Waals surface area contributed by atoms with Crippen molar-refractivity contribution in [2.24, 2.45) is 7.05 Å². The molecule has 1 fully saturated rings. The van der Waals surface area contributed by atoms with Gasteiger partial charge in [-0.1, -0.05) is 0 Å². The molecule has 2 aromatic heterocycles. The van der Waals surface area contributed by atoms with Gasteiger partial charge in [-0.2, -0.15) is 5.10 Å². The maximum atomic E-state index is 12.1. The number of ether oxygens (including phenoxy) is 1. The third-order valence-electron chi connectivity index (χ3n) is 4.30. The third-order valence-corrected chi connectivity index (χ3v) is 4.30. The highest BCUT2D eigenvalue weighted by atomic mass is 16.5. The van der Waals surface area contributed by atoms with Crippen molar-refractivity contribution in [1.82, 2.24) is 24.3 Å². The average molecular weight is 318 g/mol. The molecule has 0 aliphatic carbocycles. The molecule has 0 aromatic carbocycles. The molecular formula is C15H22N6O2. The summed E-state index contributed by atoms with van der Waals surface area (Å²) in [6.07, 6.45) is 3.57. The average Bonchev–Trinajstić information content (AvgIpc) is 2.89. The van der Waals surface area contributed by atoms with E-state index in [0.717, 1.165) is 37.6 Å². The van der Waals surface area contributed by atoms with Crippen molar-refractivity contribution in [3.05, 3.63) is 28.7 Å². The maximum absolute atomic E-state index is 12.1. The molecule has 8 nitrogen and oxygen atoms in total. The normalized spacial score (nSPS) is 18.2. The summed E-state index contributed by atoms with van der Waals surface area (Å²) < 4.78 is 8.35. The van der Waals surface area contributed by atoms with Crippen LogP contribution in [-0.2, 0) is 13.6 Å². The van der Waals surface area contributed by atoms with Crippen LogP contribution in [0, 0.1) is 0 Å². The lowest BCUT2D eigenvalue weighted by molar-refractivity contribution is 0.396. The molecular weight excluding hydrogens is 296 g/mol. The van der Waals surface area contributed by atoms with Crippen LogP contribution < -0.4 is 15.3 Å². The Morgan fingerprint density at radius 3 is 2.96 bits per heavy atom. The minimum absolute atomic E-state index is 0.0525. The summed E-state index contributed by atoms with van der Waals surface area (Å²) in [5, 5.41) is 4.45. The molecule has 1 unspecified atom stereocenters. The molecule has 0 bridgehead atoms. The molecule has 3 heterocycles. The standard InChI is InChI=1S/C15H22N6O2/c1-4-21-14(18-19(2)15(21)22)11-6-5-7-20(9-11)12-8-13(23-3)17-10-16-12/h8,10-11H,4-7,9H2,1-3H3. The highest BCUT2D eigenvalue weighted by molar-refractivity contribution is 5.41. The summed E-state index contributed by atoms with van der Waals surface area (Å²) in [4.78, 5) is 22.7. The number of rotatable bonds is 4. The van der Waals surface area contributed by atoms with Gasteiger partial charge in [-0.15, -0.1) is 0 Å². The fourth-order valence-electron chi connectivity index (χ4n) is 3.13. The van der Waals surface area contributed by atoms with Crippen molar-refractivity contribution < 1.29 is 4.74 Å². The Bertz CT molecular complexity index is 738. The number of hydrogen-bond acceptors (Lipinski definition) is 6. The van der Waals surface area contributed by atoms with Crippen molar-refractivity contribution in [1.29, 1.82) is 0 Å². The number of piperidine rings is 1. The number of nitrogens with zero attached hydrogens (tertiary/aromatic N) is 6. The maximum Gasteiger partial charge on any atom is 0.345 e. The topological polar surface area (TPSA) is 78.1 Å². The Kier molecular flexibility index (Phi) is 4.31. The van der Waals surface area contributed by atoms with Crippen LogP contribution in [0.25, 0.3) is 0 Å². The fourth-order valence-corrected chi connectivity index (χ4v) is 3.13. The molecule has 0 saturated carbocycles. The molecule has 1 atom stereocenters. The van der Waals surface area contributed by atoms with Crippen LogP contribution in [0.2, 0.25) is 0 Å². The van der Waals surface area contributed by atoms with Crippen molar-refractivity contribution >= 4 is 5.82 Å². The summed E-state index contributed by atoms with van der Waals surface area (Å²) in [5.41, 5.74) is -0.0525. The Balaban J connectivity index is 1.86. The first kappa shape index (κ1) is 15.5. The molecule has 3 rings (SSSR count). The molecule has 124 valence electrons. The van der Waals surface area contributed by atoms with Crippen LogP contribution in [0.1, 0.15) is 31.5 Å². The number of anilines is 1. The molecule has 2 aromatic rings. The van der Waals surface area contributed by atoms with Gasteiger partial charge in [0, 0.05) is 38.7 Å². The largest absolute Gasteiger partial charge is 0.481 e. The van der Waals surface area contributed by atoms with Gasteiger partial charge >= 0.3 is 5.69 Å². The summed E-state index contributed by atoms with van der Waals surface area (Å²) in [7, 11) is 3.30. The van der Waals surface area contributed by atoms with E-state index in [1.165, 1.54) is 11.0 Å². The van der Waals surface area contributed by atoms with E-state index in [4.69, 9.17) is 4.74 Å². The smallest absolute Gasteiger partial charge is 0.345 e. The van der Waals surface area contributed by atoms with E-state index >= 15 is 0 Å². The molecule has 0 spiro atoms. The van der Waals surface area contributed by atoms with Gasteiger partial charge < -0.3 is 9.64 Å². The zero-order valence-corrected chi connectivity index (χ0v) is 13.8. The minimum Gasteiger partial charge on any atom is -0.481 e. The first-order valence-electron chi connectivity index (χ1n) is 7.88. The van der Waals surface area contributed by atoms with E-state index in [-0.39, 0.29) is 11.6 Å². The predicted octanol–water partition coefficient (Wildman–Crippen LogP) is 0.784. The lowest BCUT2D eigenvalue weighted by Crippen LogP contribution is -2.36. The summed E-state index contributed by atoms with van der Waals surface area (Å²) >= 11 is 0. The van der Waals surface area contributed by atoms with Gasteiger partial charge in [0.15, 0.2) is 0 Å². The van der Waals surface area contributed by atoms with Crippen LogP contribution in [0.4, 0.5) is 5.82 Å². The first-order valence-corrected chi connectivity index (χ1v) is 7.88. The van der Waals surface area contributed by atoms with Gasteiger partial charge in [-0.05, 0) is 19.8 Å². The van der Waals surface area contributed by atoms with Gasteiger partial charge in [0.25, 0.3) is 0 Å². The molecule has 23 heavy (non-hydrogen) atoms. The van der Waals surface area contributed by atoms with Gasteiger partial charge in [0.1, 0.15) is 18.0 Å². The predicted molar refractivity (Wildman–Crippen MR) is 85.9 cm³/mol. The molecule has 0 N–H and O–H groups in total. The molecule has 8 heteroatoms. The van der Waals surface area contributed by atoms with Gasteiger partial charge in [-0.3, -0.25) is 4.57 Å². The van der Waals surface area contributed by atoms with Crippen LogP contribution >= 0.6 is 0 Å². The minimum atomic E-state index is -0.0525. The van der Waals surface area contributed by atoms with E-state index in [1.54, 1.807) is 18.7 Å². The van der Waals surface area contributed by atoms with Crippen LogP contribution in [0.3, 0.4) is 0 Å². The second kappa shape index (κ2) is 6.39. The van der Waals surface area contributed by atoms with Crippen molar-refractivity contribution in [3.63, 3.8) is 0 Å². The highest BCUT2D eigenvalue weighted by Crippen LogP contribution is 2.28. The van der Waals surface area contributed by atoms with Crippen molar-refractivity contribution in [3.8, 4) is 5.88 Å². The molecule has 0 amide bonds. The van der Waals surface area contributed by atoms with Gasteiger partial charge in [-0.25, -0.2) is 19.4 Å². The van der Waals surface area contributed by atoms with E-state index in [2.05, 4.69) is 20.0 Å². The van der Waals surface area contributed by atoms with Crippen molar-refractivity contribution in [2.75, 3.05) is 25.1 Å². The first-order chi connectivity index (χ1) is 11.1. The van der Waals surface area contributed by atoms with E-state index < -0.39 is 0 Å². The monoisotopic (exact) mass is 318 g/mol. The lowest BCUT2D eigenvalue weighted by atomic mass is 9.97. The number of aryl methyl sites for hydroxylation is 1. The highest BCUT2D eigenvalue weighted by Gasteiger charge is 2.27. The number of aromatic nitrogens is 5. The van der Waals surface area contributed by atoms with Crippen LogP contribution in [0.15, 0.2) is 17.2 Å². The zero-order valence-electron chi connectivity index (χ0n) is 13.8. The summed E-state index contributed by atoms with van der Waals surface area (Å²) in [5.74, 6) is 2.49. The Morgan fingerprint density at radius 2 is 2.22 bits per heavy atom. The van der Waals surface area contributed by atoms with Crippen LogP contribution in [-0.4, -0.2) is 44.5 Å². The number of methoxy groups -OCH3 is 1. The van der Waals surface area contributed by atoms with E-state index in [9.17, 15) is 4.79 Å². The second-order valence-electron chi connectivity index (χ2n) is 5.71. The van der Waals surface area contributed by atoms with Gasteiger partial charge in [0.2, 0.25) is 5.88 Å². The van der Waals surface area contributed by atoms with Gasteiger partial charge in [0.05, 0.1) is 7.11 Å².